The fourth-order valence-electron chi connectivity index (χ4n) is 5.06. The van der Waals surface area contributed by atoms with Gasteiger partial charge in [0, 0.05) is 35.0 Å². The highest BCUT2D eigenvalue weighted by Gasteiger charge is 2.42. The summed E-state index contributed by atoms with van der Waals surface area (Å²) in [6.45, 7) is 4.19. The lowest BCUT2D eigenvalue weighted by Gasteiger charge is -2.28. The number of thiocarbonyl (C=S) groups is 1. The minimum Gasteiger partial charge on any atom is -0.497 e. The van der Waals surface area contributed by atoms with Crippen molar-refractivity contribution in [3.63, 3.8) is 0 Å². The van der Waals surface area contributed by atoms with Crippen LogP contribution in [0.1, 0.15) is 45.1 Å². The van der Waals surface area contributed by atoms with Gasteiger partial charge in [-0.05, 0) is 86.2 Å². The lowest BCUT2D eigenvalue weighted by molar-refractivity contribution is 0.0600. The van der Waals surface area contributed by atoms with Crippen molar-refractivity contribution in [3.8, 4) is 11.4 Å². The first-order valence-electron chi connectivity index (χ1n) is 11.9. The second-order valence-corrected chi connectivity index (χ2v) is 9.29. The van der Waals surface area contributed by atoms with E-state index in [0.29, 0.717) is 10.7 Å². The zero-order valence-corrected chi connectivity index (χ0v) is 22.0. The van der Waals surface area contributed by atoms with Crippen molar-refractivity contribution >= 4 is 29.0 Å². The van der Waals surface area contributed by atoms with Gasteiger partial charge in [0.15, 0.2) is 5.11 Å². The van der Waals surface area contributed by atoms with E-state index in [9.17, 15) is 4.79 Å². The standard InChI is InChI=1S/C29H28N4O3S/c1-18-16-24(19(2)32(18)21-13-11-20(12-14-21)28(34)36-4)27-26(25-10-5-6-15-30-25)31-29(37)33(27)22-8-7-9-23(17-22)35-3/h5-17,26-27H,1-4H3,(H,31,37)/t26-,27-/m1/s1. The SMILES string of the molecule is COC(=O)c1ccc(-n2c(C)cc([C@@H]3[C@@H](c4ccccn4)NC(=S)N3c3cccc(OC)c3)c2C)cc1. The van der Waals surface area contributed by atoms with Crippen LogP contribution in [0.25, 0.3) is 5.69 Å². The summed E-state index contributed by atoms with van der Waals surface area (Å²) in [5, 5.41) is 4.15. The zero-order valence-electron chi connectivity index (χ0n) is 21.1. The third-order valence-electron chi connectivity index (χ3n) is 6.77. The molecule has 7 nitrogen and oxygen atoms in total. The van der Waals surface area contributed by atoms with Crippen LogP contribution in [0.5, 0.6) is 5.75 Å². The molecular formula is C29H28N4O3S. The van der Waals surface area contributed by atoms with E-state index in [1.165, 1.54) is 7.11 Å². The lowest BCUT2D eigenvalue weighted by Crippen LogP contribution is -2.29. The Labute approximate surface area is 221 Å². The number of carbonyl (C=O) groups excluding carboxylic acids is 1. The molecule has 0 saturated carbocycles. The summed E-state index contributed by atoms with van der Waals surface area (Å²) in [6, 6.07) is 23.2. The molecule has 2 aromatic heterocycles. The summed E-state index contributed by atoms with van der Waals surface area (Å²) in [5.41, 5.74) is 6.60. The number of rotatable bonds is 6. The number of esters is 1. The van der Waals surface area contributed by atoms with E-state index < -0.39 is 0 Å². The molecule has 1 N–H and O–H groups in total. The first-order chi connectivity index (χ1) is 17.9. The summed E-state index contributed by atoms with van der Waals surface area (Å²) < 4.78 is 12.5. The Hall–Kier alpha value is -4.17. The number of ether oxygens (including phenoxy) is 2. The van der Waals surface area contributed by atoms with Crippen molar-refractivity contribution in [3.05, 3.63) is 107 Å². The zero-order chi connectivity index (χ0) is 26.1. The Bertz CT molecular complexity index is 1450. The highest BCUT2D eigenvalue weighted by Crippen LogP contribution is 2.44. The number of methoxy groups -OCH3 is 2. The normalized spacial score (nSPS) is 17.0. The highest BCUT2D eigenvalue weighted by atomic mass is 32.1. The number of aromatic nitrogens is 2. The lowest BCUT2D eigenvalue weighted by atomic mass is 9.96. The van der Waals surface area contributed by atoms with Crippen LogP contribution < -0.4 is 15.0 Å². The first kappa shape index (κ1) is 24.5. The molecule has 4 aromatic rings. The van der Waals surface area contributed by atoms with E-state index in [1.54, 1.807) is 25.4 Å². The molecule has 0 aliphatic carbocycles. The minimum absolute atomic E-state index is 0.149. The molecule has 0 radical (unpaired) electrons. The van der Waals surface area contributed by atoms with Gasteiger partial charge in [-0.2, -0.15) is 0 Å². The van der Waals surface area contributed by atoms with E-state index >= 15 is 0 Å². The molecule has 8 heteroatoms. The van der Waals surface area contributed by atoms with Crippen molar-refractivity contribution < 1.29 is 14.3 Å². The van der Waals surface area contributed by atoms with Gasteiger partial charge in [-0.15, -0.1) is 0 Å². The van der Waals surface area contributed by atoms with Crippen molar-refractivity contribution in [2.45, 2.75) is 25.9 Å². The molecule has 5 rings (SSSR count). The highest BCUT2D eigenvalue weighted by molar-refractivity contribution is 7.80. The molecule has 188 valence electrons. The summed E-state index contributed by atoms with van der Waals surface area (Å²) in [6.07, 6.45) is 1.80. The van der Waals surface area contributed by atoms with E-state index in [1.807, 2.05) is 54.6 Å². The van der Waals surface area contributed by atoms with Crippen molar-refractivity contribution in [1.29, 1.82) is 0 Å². The molecule has 2 aromatic carbocycles. The van der Waals surface area contributed by atoms with Crippen LogP contribution in [-0.4, -0.2) is 34.9 Å². The van der Waals surface area contributed by atoms with Crippen LogP contribution >= 0.6 is 12.2 Å². The van der Waals surface area contributed by atoms with Crippen LogP contribution in [0.3, 0.4) is 0 Å². The number of hydrogen-bond donors (Lipinski definition) is 1. The van der Waals surface area contributed by atoms with Gasteiger partial charge >= 0.3 is 5.97 Å². The number of hydrogen-bond acceptors (Lipinski definition) is 5. The summed E-state index contributed by atoms with van der Waals surface area (Å²) >= 11 is 5.88. The Morgan fingerprint density at radius 2 is 1.76 bits per heavy atom. The summed E-state index contributed by atoms with van der Waals surface area (Å²) in [7, 11) is 3.04. The molecule has 2 atom stereocenters. The quantitative estimate of drug-likeness (QED) is 0.272. The maximum Gasteiger partial charge on any atom is 0.337 e. The number of anilines is 1. The average molecular weight is 513 g/mol. The number of pyridine rings is 1. The van der Waals surface area contributed by atoms with Crippen molar-refractivity contribution in [2.75, 3.05) is 19.1 Å². The van der Waals surface area contributed by atoms with Gasteiger partial charge in [0.1, 0.15) is 5.75 Å². The van der Waals surface area contributed by atoms with Crippen LogP contribution in [0.2, 0.25) is 0 Å². The van der Waals surface area contributed by atoms with Crippen LogP contribution in [0.4, 0.5) is 5.69 Å². The molecule has 0 spiro atoms. The molecule has 1 aliphatic rings. The fraction of sp³-hybridized carbons (Fsp3) is 0.207. The molecule has 0 amide bonds. The number of nitrogens with zero attached hydrogens (tertiary/aromatic N) is 3. The first-order valence-corrected chi connectivity index (χ1v) is 12.4. The van der Waals surface area contributed by atoms with E-state index in [0.717, 1.165) is 39.8 Å². The number of nitrogens with one attached hydrogen (secondary N) is 1. The summed E-state index contributed by atoms with van der Waals surface area (Å²) in [5.74, 6) is 0.405. The molecule has 3 heterocycles. The minimum atomic E-state index is -0.356. The van der Waals surface area contributed by atoms with Crippen molar-refractivity contribution in [2.24, 2.45) is 0 Å². The molecule has 37 heavy (non-hydrogen) atoms. The smallest absolute Gasteiger partial charge is 0.337 e. The van der Waals surface area contributed by atoms with E-state index in [-0.39, 0.29) is 18.1 Å². The van der Waals surface area contributed by atoms with Gasteiger partial charge < -0.3 is 24.3 Å². The van der Waals surface area contributed by atoms with Crippen LogP contribution in [0.15, 0.2) is 79.0 Å². The van der Waals surface area contributed by atoms with E-state index in [4.69, 9.17) is 21.7 Å². The van der Waals surface area contributed by atoms with E-state index in [2.05, 4.69) is 39.7 Å². The fourth-order valence-corrected chi connectivity index (χ4v) is 5.40. The Morgan fingerprint density at radius 3 is 2.43 bits per heavy atom. The number of carbonyl (C=O) groups is 1. The second-order valence-electron chi connectivity index (χ2n) is 8.90. The summed E-state index contributed by atoms with van der Waals surface area (Å²) in [4.78, 5) is 18.7. The Balaban J connectivity index is 1.63. The second kappa shape index (κ2) is 10.1. The van der Waals surface area contributed by atoms with Gasteiger partial charge in [0.05, 0.1) is 37.6 Å². The third-order valence-corrected chi connectivity index (χ3v) is 7.08. The molecule has 0 unspecified atom stereocenters. The Morgan fingerprint density at radius 1 is 0.973 bits per heavy atom. The van der Waals surface area contributed by atoms with Crippen LogP contribution in [0, 0.1) is 13.8 Å². The third kappa shape index (κ3) is 4.44. The largest absolute Gasteiger partial charge is 0.497 e. The predicted octanol–water partition coefficient (Wildman–Crippen LogP) is 5.46. The van der Waals surface area contributed by atoms with Gasteiger partial charge in [0.25, 0.3) is 0 Å². The molecule has 0 bridgehead atoms. The van der Waals surface area contributed by atoms with Gasteiger partial charge in [0.2, 0.25) is 0 Å². The maximum atomic E-state index is 11.9. The molecule has 1 saturated heterocycles. The molecule has 1 aliphatic heterocycles. The monoisotopic (exact) mass is 512 g/mol. The van der Waals surface area contributed by atoms with Gasteiger partial charge in [-0.3, -0.25) is 4.98 Å². The maximum absolute atomic E-state index is 11.9. The topological polar surface area (TPSA) is 68.6 Å². The average Bonchev–Trinajstić information content (AvgIpc) is 3.43. The van der Waals surface area contributed by atoms with Crippen LogP contribution in [-0.2, 0) is 4.74 Å². The van der Waals surface area contributed by atoms with Crippen molar-refractivity contribution in [1.82, 2.24) is 14.9 Å². The predicted molar refractivity (Wildman–Crippen MR) is 148 cm³/mol. The van der Waals surface area contributed by atoms with Gasteiger partial charge in [-0.25, -0.2) is 4.79 Å². The number of benzene rings is 2. The molecular weight excluding hydrogens is 484 g/mol. The number of aryl methyl sites for hydroxylation is 1. The Kier molecular flexibility index (Phi) is 6.67. The molecule has 1 fully saturated rings. The van der Waals surface area contributed by atoms with Gasteiger partial charge in [-0.1, -0.05) is 12.1 Å².